The molecule has 0 fully saturated rings. The van der Waals surface area contributed by atoms with Gasteiger partial charge in [0.1, 0.15) is 12.4 Å². The molecule has 6 nitrogen and oxygen atoms in total. The maximum Gasteiger partial charge on any atom is 0.329 e. The van der Waals surface area contributed by atoms with E-state index in [4.69, 9.17) is 27.9 Å². The number of carbonyl (C=O) groups is 2. The predicted octanol–water partition coefficient (Wildman–Crippen LogP) is 5.46. The molecule has 176 valence electrons. The lowest BCUT2D eigenvalue weighted by atomic mass is 10.0. The summed E-state index contributed by atoms with van der Waals surface area (Å²) in [5, 5.41) is 7.50. The summed E-state index contributed by atoms with van der Waals surface area (Å²) in [6.45, 7) is 4.72. The van der Waals surface area contributed by atoms with E-state index in [0.29, 0.717) is 32.8 Å². The summed E-state index contributed by atoms with van der Waals surface area (Å²) >= 11 is 12.3. The van der Waals surface area contributed by atoms with Crippen LogP contribution in [0, 0.1) is 0 Å². The van der Waals surface area contributed by atoms with Crippen molar-refractivity contribution >= 4 is 41.2 Å². The predicted molar refractivity (Wildman–Crippen MR) is 135 cm³/mol. The SMILES string of the molecule is CC(C)c1ccc(CNC(=O)C(=O)N/N=C\c2ccc(OCc3c(Cl)cccc3Cl)cc2)cc1. The number of ether oxygens (including phenoxy) is 1. The Morgan fingerprint density at radius 1 is 0.941 bits per heavy atom. The number of carbonyl (C=O) groups excluding carboxylic acids is 2. The van der Waals surface area contributed by atoms with Crippen LogP contribution < -0.4 is 15.5 Å². The van der Waals surface area contributed by atoms with Gasteiger partial charge in [-0.1, -0.05) is 67.4 Å². The van der Waals surface area contributed by atoms with E-state index in [9.17, 15) is 9.59 Å². The van der Waals surface area contributed by atoms with Gasteiger partial charge in [-0.2, -0.15) is 5.10 Å². The Bertz CT molecular complexity index is 1140. The number of nitrogens with zero attached hydrogens (tertiary/aromatic N) is 1. The average molecular weight is 498 g/mol. The highest BCUT2D eigenvalue weighted by Crippen LogP contribution is 2.25. The van der Waals surface area contributed by atoms with Gasteiger partial charge in [0, 0.05) is 22.2 Å². The number of nitrogens with one attached hydrogen (secondary N) is 2. The lowest BCUT2D eigenvalue weighted by molar-refractivity contribution is -0.139. The first kappa shape index (κ1) is 25.3. The Morgan fingerprint density at radius 3 is 2.21 bits per heavy atom. The Kier molecular flexibility index (Phi) is 9.08. The van der Waals surface area contributed by atoms with Crippen LogP contribution in [-0.4, -0.2) is 18.0 Å². The Hall–Kier alpha value is -3.35. The fourth-order valence-electron chi connectivity index (χ4n) is 2.98. The minimum Gasteiger partial charge on any atom is -0.489 e. The van der Waals surface area contributed by atoms with Crippen LogP contribution in [0.1, 0.15) is 42.0 Å². The number of halogens is 2. The molecule has 0 aliphatic carbocycles. The van der Waals surface area contributed by atoms with E-state index in [2.05, 4.69) is 29.7 Å². The fourth-order valence-corrected chi connectivity index (χ4v) is 3.48. The van der Waals surface area contributed by atoms with Crippen LogP contribution in [0.4, 0.5) is 0 Å². The van der Waals surface area contributed by atoms with Crippen molar-refractivity contribution < 1.29 is 14.3 Å². The van der Waals surface area contributed by atoms with Gasteiger partial charge < -0.3 is 10.1 Å². The number of hydrogen-bond acceptors (Lipinski definition) is 4. The Morgan fingerprint density at radius 2 is 1.59 bits per heavy atom. The third-order valence-electron chi connectivity index (χ3n) is 5.01. The fraction of sp³-hybridized carbons (Fsp3) is 0.192. The summed E-state index contributed by atoms with van der Waals surface area (Å²) in [5.74, 6) is -0.542. The van der Waals surface area contributed by atoms with E-state index >= 15 is 0 Å². The molecule has 2 N–H and O–H groups in total. The molecule has 34 heavy (non-hydrogen) atoms. The zero-order chi connectivity index (χ0) is 24.5. The van der Waals surface area contributed by atoms with Crippen molar-refractivity contribution in [1.82, 2.24) is 10.7 Å². The molecule has 0 radical (unpaired) electrons. The monoisotopic (exact) mass is 497 g/mol. The number of amides is 2. The smallest absolute Gasteiger partial charge is 0.329 e. The number of rotatable bonds is 8. The first-order valence-corrected chi connectivity index (χ1v) is 11.4. The zero-order valence-electron chi connectivity index (χ0n) is 18.8. The molecule has 3 aromatic rings. The molecule has 0 saturated carbocycles. The van der Waals surface area contributed by atoms with Gasteiger partial charge in [0.2, 0.25) is 0 Å². The Labute approximate surface area is 208 Å². The van der Waals surface area contributed by atoms with E-state index in [-0.39, 0.29) is 13.2 Å². The number of hydrazone groups is 1. The summed E-state index contributed by atoms with van der Waals surface area (Å²) in [4.78, 5) is 23.9. The molecule has 0 atom stereocenters. The minimum atomic E-state index is -0.841. The molecule has 0 aliphatic heterocycles. The van der Waals surface area contributed by atoms with Crippen LogP contribution in [0.3, 0.4) is 0 Å². The van der Waals surface area contributed by atoms with Crippen molar-refractivity contribution in [2.45, 2.75) is 32.9 Å². The first-order valence-electron chi connectivity index (χ1n) is 10.7. The quantitative estimate of drug-likeness (QED) is 0.246. The molecule has 8 heteroatoms. The highest BCUT2D eigenvalue weighted by molar-refractivity contribution is 6.36. The molecule has 2 amide bonds. The van der Waals surface area contributed by atoms with Gasteiger partial charge in [0.15, 0.2) is 0 Å². The van der Waals surface area contributed by atoms with Crippen LogP contribution in [0.5, 0.6) is 5.75 Å². The molecule has 0 saturated heterocycles. The van der Waals surface area contributed by atoms with E-state index < -0.39 is 11.8 Å². The average Bonchev–Trinajstić information content (AvgIpc) is 2.83. The summed E-state index contributed by atoms with van der Waals surface area (Å²) in [7, 11) is 0. The van der Waals surface area contributed by atoms with Crippen LogP contribution in [0.25, 0.3) is 0 Å². The third-order valence-corrected chi connectivity index (χ3v) is 5.72. The van der Waals surface area contributed by atoms with Crippen molar-refractivity contribution in [2.75, 3.05) is 0 Å². The molecule has 0 spiro atoms. The van der Waals surface area contributed by atoms with Gasteiger partial charge in [0.25, 0.3) is 0 Å². The largest absolute Gasteiger partial charge is 0.489 e. The van der Waals surface area contributed by atoms with Crippen LogP contribution in [-0.2, 0) is 22.7 Å². The zero-order valence-corrected chi connectivity index (χ0v) is 20.4. The molecule has 0 heterocycles. The minimum absolute atomic E-state index is 0.235. The molecule has 3 rings (SSSR count). The van der Waals surface area contributed by atoms with Gasteiger partial charge >= 0.3 is 11.8 Å². The lowest BCUT2D eigenvalue weighted by Gasteiger charge is -2.09. The summed E-state index contributed by atoms with van der Waals surface area (Å²) in [6.07, 6.45) is 1.44. The topological polar surface area (TPSA) is 79.8 Å². The molecule has 0 aliphatic rings. The molecular formula is C26H25Cl2N3O3. The molecule has 0 aromatic heterocycles. The lowest BCUT2D eigenvalue weighted by Crippen LogP contribution is -2.37. The van der Waals surface area contributed by atoms with E-state index in [1.165, 1.54) is 11.8 Å². The van der Waals surface area contributed by atoms with E-state index in [0.717, 1.165) is 5.56 Å². The highest BCUT2D eigenvalue weighted by atomic mass is 35.5. The standard InChI is InChI=1S/C26H25Cl2N3O3/c1-17(2)20-10-6-18(7-11-20)14-29-25(32)26(33)31-30-15-19-8-12-21(13-9-19)34-16-22-23(27)4-3-5-24(22)28/h3-13,15,17H,14,16H2,1-2H3,(H,29,32)(H,31,33)/b30-15-. The summed E-state index contributed by atoms with van der Waals surface area (Å²) in [6, 6.07) is 20.2. The second-order valence-electron chi connectivity index (χ2n) is 7.84. The molecular weight excluding hydrogens is 473 g/mol. The van der Waals surface area contributed by atoms with Gasteiger partial charge in [0.05, 0.1) is 6.21 Å². The second-order valence-corrected chi connectivity index (χ2v) is 8.65. The van der Waals surface area contributed by atoms with Crippen molar-refractivity contribution in [3.63, 3.8) is 0 Å². The number of benzene rings is 3. The van der Waals surface area contributed by atoms with E-state index in [1.54, 1.807) is 42.5 Å². The van der Waals surface area contributed by atoms with Crippen LogP contribution in [0.15, 0.2) is 71.8 Å². The Balaban J connectivity index is 1.44. The van der Waals surface area contributed by atoms with Crippen LogP contribution in [0.2, 0.25) is 10.0 Å². The van der Waals surface area contributed by atoms with Crippen LogP contribution >= 0.6 is 23.2 Å². The summed E-state index contributed by atoms with van der Waals surface area (Å²) in [5.41, 5.74) is 5.78. The number of hydrogen-bond donors (Lipinski definition) is 2. The third kappa shape index (κ3) is 7.33. The van der Waals surface area contributed by atoms with Crippen molar-refractivity contribution in [3.8, 4) is 5.75 Å². The van der Waals surface area contributed by atoms with Gasteiger partial charge in [-0.25, -0.2) is 5.43 Å². The maximum absolute atomic E-state index is 12.0. The molecule has 0 bridgehead atoms. The summed E-state index contributed by atoms with van der Waals surface area (Å²) < 4.78 is 5.73. The molecule has 0 unspecified atom stereocenters. The van der Waals surface area contributed by atoms with Gasteiger partial charge in [-0.15, -0.1) is 0 Å². The van der Waals surface area contributed by atoms with Gasteiger partial charge in [-0.3, -0.25) is 9.59 Å². The van der Waals surface area contributed by atoms with Crippen molar-refractivity contribution in [1.29, 1.82) is 0 Å². The first-order chi connectivity index (χ1) is 16.3. The normalized spacial score (nSPS) is 11.0. The maximum atomic E-state index is 12.0. The van der Waals surface area contributed by atoms with Crippen molar-refractivity contribution in [3.05, 3.63) is 99.0 Å². The second kappa shape index (κ2) is 12.2. The molecule has 3 aromatic carbocycles. The highest BCUT2D eigenvalue weighted by Gasteiger charge is 2.12. The van der Waals surface area contributed by atoms with Gasteiger partial charge in [-0.05, 0) is 59.0 Å². The van der Waals surface area contributed by atoms with E-state index in [1.807, 2.05) is 24.3 Å². The van der Waals surface area contributed by atoms with Crippen molar-refractivity contribution in [2.24, 2.45) is 5.10 Å².